The van der Waals surface area contributed by atoms with E-state index < -0.39 is 11.8 Å². The normalized spacial score (nSPS) is 10.2. The number of carbonyl (C=O) groups excluding carboxylic acids is 1. The van der Waals surface area contributed by atoms with E-state index in [4.69, 9.17) is 5.73 Å². The predicted octanol–water partition coefficient (Wildman–Crippen LogP) is 3.24. The lowest BCUT2D eigenvalue weighted by atomic mass is 10.1. The molecule has 5 heteroatoms. The van der Waals surface area contributed by atoms with Crippen molar-refractivity contribution in [1.82, 2.24) is 0 Å². The topological polar surface area (TPSA) is 67.2 Å². The first kappa shape index (κ1) is 14.0. The van der Waals surface area contributed by atoms with Crippen molar-refractivity contribution < 1.29 is 9.18 Å². The quantitative estimate of drug-likeness (QED) is 0.803. The van der Waals surface area contributed by atoms with E-state index in [1.54, 1.807) is 12.1 Å². The monoisotopic (exact) mass is 273 g/mol. The number of halogens is 1. The highest BCUT2D eigenvalue weighted by Crippen LogP contribution is 2.19. The molecule has 20 heavy (non-hydrogen) atoms. The van der Waals surface area contributed by atoms with Gasteiger partial charge in [-0.1, -0.05) is 18.2 Å². The van der Waals surface area contributed by atoms with Gasteiger partial charge in [0.25, 0.3) is 0 Å². The number of rotatable bonds is 3. The number of anilines is 2. The molecule has 0 aliphatic rings. The van der Waals surface area contributed by atoms with E-state index in [0.29, 0.717) is 17.9 Å². The molecule has 4 nitrogen and oxygen atoms in total. The lowest BCUT2D eigenvalue weighted by molar-refractivity contribution is 0.262. The van der Waals surface area contributed by atoms with Crippen LogP contribution in [0.1, 0.15) is 11.1 Å². The molecule has 4 N–H and O–H groups in total. The third-order valence-electron chi connectivity index (χ3n) is 2.95. The Hall–Kier alpha value is -2.40. The van der Waals surface area contributed by atoms with Crippen LogP contribution >= 0.6 is 0 Å². The summed E-state index contributed by atoms with van der Waals surface area (Å²) >= 11 is 0. The van der Waals surface area contributed by atoms with Crippen LogP contribution in [0.5, 0.6) is 0 Å². The van der Waals surface area contributed by atoms with E-state index in [0.717, 1.165) is 11.1 Å². The summed E-state index contributed by atoms with van der Waals surface area (Å²) in [7, 11) is 0. The number of hydrogen-bond acceptors (Lipinski definition) is 2. The van der Waals surface area contributed by atoms with Gasteiger partial charge in [0.1, 0.15) is 5.82 Å². The maximum atomic E-state index is 13.0. The van der Waals surface area contributed by atoms with Gasteiger partial charge in [-0.25, -0.2) is 9.18 Å². The molecular weight excluding hydrogens is 257 g/mol. The van der Waals surface area contributed by atoms with Crippen LogP contribution in [0.15, 0.2) is 42.5 Å². The Morgan fingerprint density at radius 1 is 1.20 bits per heavy atom. The first-order valence-electron chi connectivity index (χ1n) is 6.22. The number of aryl methyl sites for hydroxylation is 1. The molecule has 0 radical (unpaired) electrons. The minimum Gasteiger partial charge on any atom is -0.326 e. The average molecular weight is 273 g/mol. The number of carbonyl (C=O) groups is 1. The summed E-state index contributed by atoms with van der Waals surface area (Å²) in [5, 5.41) is 5.29. The molecule has 0 heterocycles. The summed E-state index contributed by atoms with van der Waals surface area (Å²) in [6.45, 7) is 2.26. The van der Waals surface area contributed by atoms with Crippen LogP contribution in [0.3, 0.4) is 0 Å². The summed E-state index contributed by atoms with van der Waals surface area (Å²) in [6.07, 6.45) is 0. The van der Waals surface area contributed by atoms with Gasteiger partial charge in [-0.3, -0.25) is 0 Å². The SMILES string of the molecule is Cc1cccc(NC(=O)Nc2cccc(F)c2)c1CN. The zero-order valence-corrected chi connectivity index (χ0v) is 11.1. The van der Waals surface area contributed by atoms with Crippen molar-refractivity contribution in [1.29, 1.82) is 0 Å². The maximum Gasteiger partial charge on any atom is 0.323 e. The van der Waals surface area contributed by atoms with E-state index in [-0.39, 0.29) is 0 Å². The van der Waals surface area contributed by atoms with Crippen LogP contribution in [0.2, 0.25) is 0 Å². The zero-order valence-electron chi connectivity index (χ0n) is 11.1. The summed E-state index contributed by atoms with van der Waals surface area (Å²) in [4.78, 5) is 11.9. The van der Waals surface area contributed by atoms with E-state index in [9.17, 15) is 9.18 Å². The second-order valence-electron chi connectivity index (χ2n) is 4.39. The summed E-state index contributed by atoms with van der Waals surface area (Å²) in [5.41, 5.74) is 8.61. The molecule has 0 saturated carbocycles. The van der Waals surface area contributed by atoms with Crippen molar-refractivity contribution in [3.8, 4) is 0 Å². The number of hydrogen-bond donors (Lipinski definition) is 3. The number of nitrogens with one attached hydrogen (secondary N) is 2. The van der Waals surface area contributed by atoms with Crippen molar-refractivity contribution in [2.24, 2.45) is 5.73 Å². The smallest absolute Gasteiger partial charge is 0.323 e. The molecule has 2 aromatic carbocycles. The third kappa shape index (κ3) is 3.33. The molecule has 0 unspecified atom stereocenters. The molecule has 104 valence electrons. The molecule has 2 aromatic rings. The Labute approximate surface area is 116 Å². The van der Waals surface area contributed by atoms with Crippen molar-refractivity contribution in [3.63, 3.8) is 0 Å². The predicted molar refractivity (Wildman–Crippen MR) is 78.1 cm³/mol. The Morgan fingerprint density at radius 3 is 2.65 bits per heavy atom. The minimum absolute atomic E-state index is 0.336. The van der Waals surface area contributed by atoms with Crippen molar-refractivity contribution in [2.75, 3.05) is 10.6 Å². The van der Waals surface area contributed by atoms with Crippen molar-refractivity contribution in [3.05, 3.63) is 59.4 Å². The molecule has 0 bridgehead atoms. The molecule has 0 saturated heterocycles. The highest BCUT2D eigenvalue weighted by Gasteiger charge is 2.08. The second-order valence-corrected chi connectivity index (χ2v) is 4.39. The van der Waals surface area contributed by atoms with Gasteiger partial charge in [0, 0.05) is 17.9 Å². The van der Waals surface area contributed by atoms with Gasteiger partial charge in [0.2, 0.25) is 0 Å². The lowest BCUT2D eigenvalue weighted by Crippen LogP contribution is -2.21. The molecule has 0 aliphatic heterocycles. The van der Waals surface area contributed by atoms with Gasteiger partial charge in [0.15, 0.2) is 0 Å². The molecule has 0 aromatic heterocycles. The molecule has 0 fully saturated rings. The van der Waals surface area contributed by atoms with Gasteiger partial charge in [-0.2, -0.15) is 0 Å². The average Bonchev–Trinajstić information content (AvgIpc) is 2.38. The lowest BCUT2D eigenvalue weighted by Gasteiger charge is -2.13. The van der Waals surface area contributed by atoms with Crippen molar-refractivity contribution >= 4 is 17.4 Å². The summed E-state index contributed by atoms with van der Waals surface area (Å²) in [5.74, 6) is -0.402. The zero-order chi connectivity index (χ0) is 14.5. The largest absolute Gasteiger partial charge is 0.326 e. The summed E-state index contributed by atoms with van der Waals surface area (Å²) in [6, 6.07) is 10.8. The van der Waals surface area contributed by atoms with Gasteiger partial charge in [0.05, 0.1) is 0 Å². The fourth-order valence-corrected chi connectivity index (χ4v) is 1.94. The Kier molecular flexibility index (Phi) is 4.32. The number of amides is 2. The Balaban J connectivity index is 2.11. The fraction of sp³-hybridized carbons (Fsp3) is 0.133. The van der Waals surface area contributed by atoms with E-state index >= 15 is 0 Å². The summed E-state index contributed by atoms with van der Waals surface area (Å²) < 4.78 is 13.0. The highest BCUT2D eigenvalue weighted by molar-refractivity contribution is 6.00. The maximum absolute atomic E-state index is 13.0. The van der Waals surface area contributed by atoms with Crippen LogP contribution in [0.4, 0.5) is 20.6 Å². The standard InChI is InChI=1S/C15H16FN3O/c1-10-4-2-7-14(13(10)9-17)19-15(20)18-12-6-3-5-11(16)8-12/h2-8H,9,17H2,1H3,(H2,18,19,20). The third-order valence-corrected chi connectivity index (χ3v) is 2.95. The van der Waals surface area contributed by atoms with Crippen LogP contribution in [-0.4, -0.2) is 6.03 Å². The fourth-order valence-electron chi connectivity index (χ4n) is 1.94. The molecule has 0 atom stereocenters. The Bertz CT molecular complexity index is 628. The number of benzene rings is 2. The molecule has 0 spiro atoms. The molecule has 2 rings (SSSR count). The molecule has 0 aliphatic carbocycles. The van der Waals surface area contributed by atoms with Crippen molar-refractivity contribution in [2.45, 2.75) is 13.5 Å². The van der Waals surface area contributed by atoms with Crippen LogP contribution in [0.25, 0.3) is 0 Å². The first-order valence-corrected chi connectivity index (χ1v) is 6.22. The van der Waals surface area contributed by atoms with Crippen LogP contribution < -0.4 is 16.4 Å². The highest BCUT2D eigenvalue weighted by atomic mass is 19.1. The molecular formula is C15H16FN3O. The van der Waals surface area contributed by atoms with E-state index in [1.165, 1.54) is 18.2 Å². The van der Waals surface area contributed by atoms with Gasteiger partial charge >= 0.3 is 6.03 Å². The second kappa shape index (κ2) is 6.16. The number of urea groups is 1. The minimum atomic E-state index is -0.434. The first-order chi connectivity index (χ1) is 9.60. The molecule has 2 amide bonds. The van der Waals surface area contributed by atoms with Gasteiger partial charge in [-0.05, 0) is 42.3 Å². The van der Waals surface area contributed by atoms with Gasteiger partial charge in [-0.15, -0.1) is 0 Å². The number of nitrogens with two attached hydrogens (primary N) is 1. The van der Waals surface area contributed by atoms with E-state index in [2.05, 4.69) is 10.6 Å². The van der Waals surface area contributed by atoms with Crippen LogP contribution in [-0.2, 0) is 6.54 Å². The van der Waals surface area contributed by atoms with Gasteiger partial charge < -0.3 is 16.4 Å². The van der Waals surface area contributed by atoms with Crippen LogP contribution in [0, 0.1) is 12.7 Å². The van der Waals surface area contributed by atoms with E-state index in [1.807, 2.05) is 19.1 Å². The Morgan fingerprint density at radius 2 is 1.95 bits per heavy atom.